The van der Waals surface area contributed by atoms with Crippen LogP contribution >= 0.6 is 15.9 Å². The van der Waals surface area contributed by atoms with Crippen molar-refractivity contribution in [1.29, 1.82) is 0 Å². The molecule has 104 valence electrons. The molecule has 3 nitrogen and oxygen atoms in total. The zero-order chi connectivity index (χ0) is 14.4. The van der Waals surface area contributed by atoms with Crippen molar-refractivity contribution in [3.05, 3.63) is 58.8 Å². The number of carbonyl (C=O) groups excluding carboxylic acids is 1. The van der Waals surface area contributed by atoms with Gasteiger partial charge in [-0.1, -0.05) is 28.1 Å². The van der Waals surface area contributed by atoms with Crippen LogP contribution in [0, 0.1) is 5.82 Å². The SMILES string of the molecule is O=C(CCNc1ccc(Br)cc1)Nc1ccccc1F. The van der Waals surface area contributed by atoms with E-state index in [1.165, 1.54) is 12.1 Å². The fourth-order valence-electron chi connectivity index (χ4n) is 1.66. The van der Waals surface area contributed by atoms with E-state index in [1.807, 2.05) is 24.3 Å². The van der Waals surface area contributed by atoms with E-state index in [-0.39, 0.29) is 18.0 Å². The Bertz CT molecular complexity index is 587. The topological polar surface area (TPSA) is 41.1 Å². The maximum absolute atomic E-state index is 13.3. The van der Waals surface area contributed by atoms with Crippen molar-refractivity contribution in [2.45, 2.75) is 6.42 Å². The van der Waals surface area contributed by atoms with Crippen LogP contribution in [0.25, 0.3) is 0 Å². The first-order chi connectivity index (χ1) is 9.65. The summed E-state index contributed by atoms with van der Waals surface area (Å²) >= 11 is 3.35. The summed E-state index contributed by atoms with van der Waals surface area (Å²) in [6.45, 7) is 0.488. The van der Waals surface area contributed by atoms with Crippen molar-refractivity contribution in [1.82, 2.24) is 0 Å². The highest BCUT2D eigenvalue weighted by Crippen LogP contribution is 2.14. The highest BCUT2D eigenvalue weighted by Gasteiger charge is 2.05. The van der Waals surface area contributed by atoms with Crippen LogP contribution in [0.1, 0.15) is 6.42 Å². The lowest BCUT2D eigenvalue weighted by atomic mass is 10.3. The van der Waals surface area contributed by atoms with Gasteiger partial charge in [-0.25, -0.2) is 4.39 Å². The Hall–Kier alpha value is -1.88. The Balaban J connectivity index is 1.78. The molecular weight excluding hydrogens is 323 g/mol. The molecule has 2 aromatic carbocycles. The fraction of sp³-hybridized carbons (Fsp3) is 0.133. The van der Waals surface area contributed by atoms with Crippen LogP contribution in [0.3, 0.4) is 0 Å². The summed E-state index contributed by atoms with van der Waals surface area (Å²) in [6.07, 6.45) is 0.268. The maximum Gasteiger partial charge on any atom is 0.226 e. The summed E-state index contributed by atoms with van der Waals surface area (Å²) in [5.41, 5.74) is 1.15. The van der Waals surface area contributed by atoms with E-state index in [1.54, 1.807) is 12.1 Å². The van der Waals surface area contributed by atoms with Crippen LogP contribution in [-0.2, 0) is 4.79 Å². The zero-order valence-corrected chi connectivity index (χ0v) is 12.3. The van der Waals surface area contributed by atoms with Gasteiger partial charge < -0.3 is 10.6 Å². The number of carbonyl (C=O) groups is 1. The number of hydrogen-bond acceptors (Lipinski definition) is 2. The third-order valence-electron chi connectivity index (χ3n) is 2.67. The second-order valence-electron chi connectivity index (χ2n) is 4.21. The molecule has 0 fully saturated rings. The first-order valence-corrected chi connectivity index (χ1v) is 6.98. The summed E-state index contributed by atoms with van der Waals surface area (Å²) in [5, 5.41) is 5.67. The van der Waals surface area contributed by atoms with Crippen LogP contribution in [-0.4, -0.2) is 12.5 Å². The van der Waals surface area contributed by atoms with E-state index in [4.69, 9.17) is 0 Å². The van der Waals surface area contributed by atoms with Gasteiger partial charge in [0, 0.05) is 23.1 Å². The fourth-order valence-corrected chi connectivity index (χ4v) is 1.93. The van der Waals surface area contributed by atoms with Gasteiger partial charge in [0.25, 0.3) is 0 Å². The molecule has 0 radical (unpaired) electrons. The van der Waals surface area contributed by atoms with Crippen molar-refractivity contribution in [3.63, 3.8) is 0 Å². The van der Waals surface area contributed by atoms with Gasteiger partial charge in [-0.3, -0.25) is 4.79 Å². The van der Waals surface area contributed by atoms with Gasteiger partial charge in [0.15, 0.2) is 0 Å². The summed E-state index contributed by atoms with van der Waals surface area (Å²) in [5.74, 6) is -0.651. The zero-order valence-electron chi connectivity index (χ0n) is 10.7. The minimum atomic E-state index is -0.429. The first-order valence-electron chi connectivity index (χ1n) is 6.19. The van der Waals surface area contributed by atoms with Gasteiger partial charge in [0.2, 0.25) is 5.91 Å². The minimum absolute atomic E-state index is 0.209. The Morgan fingerprint density at radius 3 is 2.50 bits per heavy atom. The molecule has 0 unspecified atom stereocenters. The summed E-state index contributed by atoms with van der Waals surface area (Å²) in [4.78, 5) is 11.7. The van der Waals surface area contributed by atoms with Crippen molar-refractivity contribution < 1.29 is 9.18 Å². The van der Waals surface area contributed by atoms with Crippen LogP contribution in [0.4, 0.5) is 15.8 Å². The molecule has 2 N–H and O–H groups in total. The van der Waals surface area contributed by atoms with Crippen molar-refractivity contribution in [2.75, 3.05) is 17.2 Å². The number of benzene rings is 2. The molecule has 0 atom stereocenters. The predicted molar refractivity (Wildman–Crippen MR) is 82.3 cm³/mol. The summed E-state index contributed by atoms with van der Waals surface area (Å²) < 4.78 is 14.3. The summed E-state index contributed by atoms with van der Waals surface area (Å²) in [7, 11) is 0. The molecule has 0 spiro atoms. The molecule has 2 aromatic rings. The van der Waals surface area contributed by atoms with E-state index in [0.717, 1.165) is 10.2 Å². The second kappa shape index (κ2) is 7.05. The Morgan fingerprint density at radius 2 is 1.80 bits per heavy atom. The molecule has 0 aliphatic rings. The number of halogens is 2. The van der Waals surface area contributed by atoms with Crippen LogP contribution in [0.2, 0.25) is 0 Å². The molecule has 0 aliphatic carbocycles. The molecule has 0 heterocycles. The minimum Gasteiger partial charge on any atom is -0.385 e. The Kier molecular flexibility index (Phi) is 5.12. The van der Waals surface area contributed by atoms with Crippen molar-refractivity contribution in [2.24, 2.45) is 0 Å². The third kappa shape index (κ3) is 4.35. The van der Waals surface area contributed by atoms with Gasteiger partial charge in [0.1, 0.15) is 5.82 Å². The quantitative estimate of drug-likeness (QED) is 0.865. The highest BCUT2D eigenvalue weighted by molar-refractivity contribution is 9.10. The van der Waals surface area contributed by atoms with E-state index >= 15 is 0 Å². The number of rotatable bonds is 5. The van der Waals surface area contributed by atoms with Crippen LogP contribution in [0.15, 0.2) is 53.0 Å². The molecule has 5 heteroatoms. The molecule has 2 rings (SSSR count). The lowest BCUT2D eigenvalue weighted by Gasteiger charge is -2.08. The van der Waals surface area contributed by atoms with Crippen LogP contribution < -0.4 is 10.6 Å². The molecule has 0 saturated carbocycles. The van der Waals surface area contributed by atoms with Gasteiger partial charge in [0.05, 0.1) is 5.69 Å². The molecule has 20 heavy (non-hydrogen) atoms. The van der Waals surface area contributed by atoms with Gasteiger partial charge >= 0.3 is 0 Å². The van der Waals surface area contributed by atoms with Crippen molar-refractivity contribution >= 4 is 33.2 Å². The van der Waals surface area contributed by atoms with E-state index in [0.29, 0.717) is 6.54 Å². The largest absolute Gasteiger partial charge is 0.385 e. The van der Waals surface area contributed by atoms with Gasteiger partial charge in [-0.15, -0.1) is 0 Å². The molecule has 1 amide bonds. The van der Waals surface area contributed by atoms with Gasteiger partial charge in [-0.2, -0.15) is 0 Å². The lowest BCUT2D eigenvalue weighted by Crippen LogP contribution is -2.16. The number of anilines is 2. The van der Waals surface area contributed by atoms with E-state index < -0.39 is 5.82 Å². The van der Waals surface area contributed by atoms with Gasteiger partial charge in [-0.05, 0) is 36.4 Å². The molecule has 0 aliphatic heterocycles. The first kappa shape index (κ1) is 14.5. The third-order valence-corrected chi connectivity index (χ3v) is 3.20. The molecule has 0 saturated heterocycles. The summed E-state index contributed by atoms with van der Waals surface area (Å²) in [6, 6.07) is 13.8. The normalized spacial score (nSPS) is 10.1. The molecular formula is C15H14BrFN2O. The average molecular weight is 337 g/mol. The molecule has 0 bridgehead atoms. The highest BCUT2D eigenvalue weighted by atomic mass is 79.9. The number of nitrogens with one attached hydrogen (secondary N) is 2. The smallest absolute Gasteiger partial charge is 0.226 e. The molecule has 0 aromatic heterocycles. The maximum atomic E-state index is 13.3. The average Bonchev–Trinajstić information content (AvgIpc) is 2.44. The Labute approximate surface area is 125 Å². The standard InChI is InChI=1S/C15H14BrFN2O/c16-11-5-7-12(8-6-11)18-10-9-15(20)19-14-4-2-1-3-13(14)17/h1-8,18H,9-10H2,(H,19,20). The number of amides is 1. The second-order valence-corrected chi connectivity index (χ2v) is 5.13. The van der Waals surface area contributed by atoms with E-state index in [2.05, 4.69) is 26.6 Å². The lowest BCUT2D eigenvalue weighted by molar-refractivity contribution is -0.116. The monoisotopic (exact) mass is 336 g/mol. The predicted octanol–water partition coefficient (Wildman–Crippen LogP) is 4.03. The Morgan fingerprint density at radius 1 is 1.10 bits per heavy atom. The van der Waals surface area contributed by atoms with E-state index in [9.17, 15) is 9.18 Å². The van der Waals surface area contributed by atoms with Crippen LogP contribution in [0.5, 0.6) is 0 Å². The van der Waals surface area contributed by atoms with Crippen molar-refractivity contribution in [3.8, 4) is 0 Å². The number of hydrogen-bond donors (Lipinski definition) is 2. The number of para-hydroxylation sites is 1.